The zero-order valence-corrected chi connectivity index (χ0v) is 11.9. The Morgan fingerprint density at radius 1 is 1.45 bits per heavy atom. The van der Waals surface area contributed by atoms with E-state index in [-0.39, 0.29) is 23.7 Å². The summed E-state index contributed by atoms with van der Waals surface area (Å²) in [4.78, 5) is 29.8. The van der Waals surface area contributed by atoms with Gasteiger partial charge in [0.1, 0.15) is 0 Å². The summed E-state index contributed by atoms with van der Waals surface area (Å²) in [6.07, 6.45) is 8.54. The van der Waals surface area contributed by atoms with Gasteiger partial charge in [0.2, 0.25) is 0 Å². The van der Waals surface area contributed by atoms with E-state index in [1.165, 1.54) is 4.90 Å². The highest BCUT2D eigenvalue weighted by Gasteiger charge is 2.31. The van der Waals surface area contributed by atoms with Crippen LogP contribution in [0, 0.1) is 0 Å². The van der Waals surface area contributed by atoms with E-state index < -0.39 is 0 Å². The maximum absolute atomic E-state index is 12.1. The van der Waals surface area contributed by atoms with Crippen LogP contribution in [0.3, 0.4) is 0 Å². The standard InChI is InChI=1S/C15H14N2O2S/c1-2-17-14(20)9-13(18)12(15(17)19)7-3-5-11-6-4-8-16-10-11/h3-8,10H,2,9H2,1H3/b5-3+,12-7+. The summed E-state index contributed by atoms with van der Waals surface area (Å²) in [6, 6.07) is 3.71. The Labute approximate surface area is 122 Å². The molecule has 4 nitrogen and oxygen atoms in total. The van der Waals surface area contributed by atoms with E-state index in [9.17, 15) is 9.59 Å². The van der Waals surface area contributed by atoms with Crippen molar-refractivity contribution in [1.29, 1.82) is 0 Å². The molecule has 0 atom stereocenters. The minimum Gasteiger partial charge on any atom is -0.302 e. The van der Waals surface area contributed by atoms with Crippen LogP contribution < -0.4 is 0 Å². The molecular formula is C15H14N2O2S. The SMILES string of the molecule is CCN1C(=O)/C(=C/C=C/c2cccnc2)C(=O)CC1=S. The fourth-order valence-corrected chi connectivity index (χ4v) is 2.26. The largest absolute Gasteiger partial charge is 0.302 e. The molecule has 0 aromatic carbocycles. The molecule has 1 fully saturated rings. The Balaban J connectivity index is 2.20. The van der Waals surface area contributed by atoms with Gasteiger partial charge in [-0.15, -0.1) is 0 Å². The lowest BCUT2D eigenvalue weighted by atomic mass is 10.0. The predicted octanol–water partition coefficient (Wildman–Crippen LogP) is 2.17. The molecule has 20 heavy (non-hydrogen) atoms. The maximum atomic E-state index is 12.1. The molecular weight excluding hydrogens is 272 g/mol. The lowest BCUT2D eigenvalue weighted by Gasteiger charge is -2.26. The number of ketones is 1. The van der Waals surface area contributed by atoms with Gasteiger partial charge in [-0.25, -0.2) is 0 Å². The van der Waals surface area contributed by atoms with Gasteiger partial charge in [0.25, 0.3) is 5.91 Å². The Morgan fingerprint density at radius 2 is 2.25 bits per heavy atom. The molecule has 1 aromatic heterocycles. The molecule has 102 valence electrons. The summed E-state index contributed by atoms with van der Waals surface area (Å²) in [5.74, 6) is -0.537. The van der Waals surface area contributed by atoms with Crippen LogP contribution in [0.25, 0.3) is 6.08 Å². The van der Waals surface area contributed by atoms with Crippen molar-refractivity contribution in [3.63, 3.8) is 0 Å². The number of hydrogen-bond acceptors (Lipinski definition) is 4. The molecule has 0 saturated carbocycles. The van der Waals surface area contributed by atoms with Crippen molar-refractivity contribution < 1.29 is 9.59 Å². The molecule has 1 saturated heterocycles. The number of carbonyl (C=O) groups excluding carboxylic acids is 2. The second kappa shape index (κ2) is 6.34. The monoisotopic (exact) mass is 286 g/mol. The number of hydrogen-bond donors (Lipinski definition) is 0. The van der Waals surface area contributed by atoms with Crippen LogP contribution in [-0.2, 0) is 9.59 Å². The fraction of sp³-hybridized carbons (Fsp3) is 0.200. The Kier molecular flexibility index (Phi) is 4.53. The number of likely N-dealkylation sites (N-methyl/N-ethyl adjacent to an activating group) is 1. The van der Waals surface area contributed by atoms with E-state index in [0.717, 1.165) is 5.56 Å². The predicted molar refractivity (Wildman–Crippen MR) is 81.0 cm³/mol. The minimum atomic E-state index is -0.315. The second-order valence-corrected chi connectivity index (χ2v) is 4.74. The molecule has 2 rings (SSSR count). The first-order valence-electron chi connectivity index (χ1n) is 6.29. The van der Waals surface area contributed by atoms with Gasteiger partial charge < -0.3 is 4.90 Å². The number of nitrogens with zero attached hydrogens (tertiary/aromatic N) is 2. The molecule has 0 aliphatic carbocycles. The molecule has 0 N–H and O–H groups in total. The fourth-order valence-electron chi connectivity index (χ4n) is 1.92. The normalized spacial score (nSPS) is 18.4. The topological polar surface area (TPSA) is 50.3 Å². The molecule has 5 heteroatoms. The zero-order chi connectivity index (χ0) is 14.5. The van der Waals surface area contributed by atoms with Gasteiger partial charge in [-0.05, 0) is 24.6 Å². The summed E-state index contributed by atoms with van der Waals surface area (Å²) in [6.45, 7) is 2.32. The summed E-state index contributed by atoms with van der Waals surface area (Å²) in [5.41, 5.74) is 1.09. The molecule has 0 bridgehead atoms. The average Bonchev–Trinajstić information content (AvgIpc) is 2.44. The lowest BCUT2D eigenvalue weighted by Crippen LogP contribution is -2.44. The van der Waals surface area contributed by atoms with E-state index in [4.69, 9.17) is 12.2 Å². The minimum absolute atomic E-state index is 0.126. The Morgan fingerprint density at radius 3 is 2.90 bits per heavy atom. The smallest absolute Gasteiger partial charge is 0.262 e. The van der Waals surface area contributed by atoms with Crippen LogP contribution >= 0.6 is 12.2 Å². The van der Waals surface area contributed by atoms with E-state index in [1.807, 2.05) is 19.1 Å². The Hall–Kier alpha value is -2.14. The van der Waals surface area contributed by atoms with Crippen molar-refractivity contribution in [2.24, 2.45) is 0 Å². The third kappa shape index (κ3) is 3.05. The highest BCUT2D eigenvalue weighted by atomic mass is 32.1. The number of aromatic nitrogens is 1. The van der Waals surface area contributed by atoms with Crippen molar-refractivity contribution in [2.45, 2.75) is 13.3 Å². The van der Waals surface area contributed by atoms with Crippen molar-refractivity contribution in [2.75, 3.05) is 6.54 Å². The van der Waals surface area contributed by atoms with Gasteiger partial charge in [-0.3, -0.25) is 14.6 Å². The number of rotatable bonds is 3. The quantitative estimate of drug-likeness (QED) is 0.485. The molecule has 1 amide bonds. The number of carbonyl (C=O) groups is 2. The van der Waals surface area contributed by atoms with Crippen LogP contribution in [0.15, 0.2) is 42.3 Å². The highest BCUT2D eigenvalue weighted by molar-refractivity contribution is 7.80. The van der Waals surface area contributed by atoms with Crippen LogP contribution in [-0.4, -0.2) is 33.1 Å². The molecule has 1 aromatic rings. The summed E-state index contributed by atoms with van der Waals surface area (Å²) in [7, 11) is 0. The first kappa shape index (κ1) is 14.3. The number of thiocarbonyl (C=S) groups is 1. The van der Waals surface area contributed by atoms with E-state index in [1.54, 1.807) is 30.6 Å². The van der Waals surface area contributed by atoms with E-state index >= 15 is 0 Å². The second-order valence-electron chi connectivity index (χ2n) is 4.27. The molecule has 2 heterocycles. The van der Waals surface area contributed by atoms with Crippen molar-refractivity contribution in [1.82, 2.24) is 9.88 Å². The van der Waals surface area contributed by atoms with Crippen LogP contribution in [0.1, 0.15) is 18.9 Å². The first-order valence-corrected chi connectivity index (χ1v) is 6.70. The zero-order valence-electron chi connectivity index (χ0n) is 11.1. The first-order chi connectivity index (χ1) is 9.63. The Bertz CT molecular complexity index is 606. The number of pyridine rings is 1. The van der Waals surface area contributed by atoms with Crippen molar-refractivity contribution >= 4 is 35.0 Å². The molecule has 0 radical (unpaired) electrons. The van der Waals surface area contributed by atoms with E-state index in [2.05, 4.69) is 4.98 Å². The molecule has 0 unspecified atom stereocenters. The van der Waals surface area contributed by atoms with Crippen LogP contribution in [0.4, 0.5) is 0 Å². The summed E-state index contributed by atoms with van der Waals surface area (Å²) < 4.78 is 0. The number of allylic oxidation sites excluding steroid dienone is 2. The number of Topliss-reactive ketones (excluding diaryl/α,β-unsaturated/α-hetero) is 1. The highest BCUT2D eigenvalue weighted by Crippen LogP contribution is 2.16. The number of piperidine rings is 1. The van der Waals surface area contributed by atoms with Gasteiger partial charge in [0, 0.05) is 18.9 Å². The molecule has 0 spiro atoms. The lowest BCUT2D eigenvalue weighted by molar-refractivity contribution is -0.127. The molecule has 1 aliphatic rings. The van der Waals surface area contributed by atoms with Gasteiger partial charge >= 0.3 is 0 Å². The van der Waals surface area contributed by atoms with Gasteiger partial charge in [-0.1, -0.05) is 30.4 Å². The summed E-state index contributed by atoms with van der Waals surface area (Å²) >= 11 is 5.05. The third-order valence-corrected chi connectivity index (χ3v) is 3.31. The van der Waals surface area contributed by atoms with Gasteiger partial charge in [-0.2, -0.15) is 0 Å². The van der Waals surface area contributed by atoms with Crippen LogP contribution in [0.5, 0.6) is 0 Å². The molecule has 1 aliphatic heterocycles. The van der Waals surface area contributed by atoms with Crippen LogP contribution in [0.2, 0.25) is 0 Å². The summed E-state index contributed by atoms with van der Waals surface area (Å²) in [5, 5.41) is 0. The van der Waals surface area contributed by atoms with Gasteiger partial charge in [0.15, 0.2) is 5.78 Å². The third-order valence-electron chi connectivity index (χ3n) is 2.94. The van der Waals surface area contributed by atoms with Crippen molar-refractivity contribution in [3.05, 3.63) is 47.8 Å². The number of likely N-dealkylation sites (tertiary alicyclic amines) is 1. The number of amides is 1. The maximum Gasteiger partial charge on any atom is 0.262 e. The van der Waals surface area contributed by atoms with Crippen molar-refractivity contribution in [3.8, 4) is 0 Å². The van der Waals surface area contributed by atoms with E-state index in [0.29, 0.717) is 11.5 Å². The average molecular weight is 286 g/mol. The van der Waals surface area contributed by atoms with Gasteiger partial charge in [0.05, 0.1) is 17.0 Å².